The summed E-state index contributed by atoms with van der Waals surface area (Å²) in [5.41, 5.74) is -3.05. The Hall–Kier alpha value is -2.53. The van der Waals surface area contributed by atoms with Crippen LogP contribution in [0.3, 0.4) is 0 Å². The van der Waals surface area contributed by atoms with Gasteiger partial charge in [-0.2, -0.15) is 43.5 Å². The van der Waals surface area contributed by atoms with Crippen molar-refractivity contribution in [3.8, 4) is 0 Å². The van der Waals surface area contributed by atoms with E-state index < -0.39 is 101 Å². The van der Waals surface area contributed by atoms with E-state index in [2.05, 4.69) is 8.92 Å². The molecule has 21 heteroatoms. The Labute approximate surface area is 332 Å². The Morgan fingerprint density at radius 3 is 1.74 bits per heavy atom. The van der Waals surface area contributed by atoms with E-state index in [0.29, 0.717) is 31.2 Å². The third-order valence-corrected chi connectivity index (χ3v) is 10.9. The summed E-state index contributed by atoms with van der Waals surface area (Å²) >= 11 is 0. The number of hydrogen-bond acceptors (Lipinski definition) is 11. The highest BCUT2D eigenvalue weighted by molar-refractivity contribution is 7.87. The van der Waals surface area contributed by atoms with Gasteiger partial charge in [0, 0.05) is 25.9 Å². The lowest BCUT2D eigenvalue weighted by molar-refractivity contribution is -0.457. The molecule has 0 aromatic heterocycles. The number of rotatable bonds is 30. The number of unbranched alkanes of at least 4 members (excludes halogenated alkanes) is 13. The molecule has 336 valence electrons. The number of aliphatic hydroxyl groups is 3. The van der Waals surface area contributed by atoms with Gasteiger partial charge in [-0.05, 0) is 25.3 Å². The molecule has 1 aromatic rings. The van der Waals surface area contributed by atoms with E-state index in [1.54, 1.807) is 6.07 Å². The van der Waals surface area contributed by atoms with E-state index >= 15 is 0 Å². The average molecular weight is 875 g/mol. The number of hydrogen-bond donors (Lipinski definition) is 4. The Bertz CT molecular complexity index is 1510. The molecule has 4 N–H and O–H groups in total. The minimum atomic E-state index is -7.37. The van der Waals surface area contributed by atoms with E-state index in [1.165, 1.54) is 31.2 Å². The van der Waals surface area contributed by atoms with Gasteiger partial charge >= 0.3 is 39.5 Å². The van der Waals surface area contributed by atoms with Gasteiger partial charge in [-0.25, -0.2) is 4.74 Å². The van der Waals surface area contributed by atoms with Gasteiger partial charge in [-0.3, -0.25) is 13.8 Å². The summed E-state index contributed by atoms with van der Waals surface area (Å²) in [6.45, 7) is -0.324. The predicted octanol–water partition coefficient (Wildman–Crippen LogP) is 7.12. The van der Waals surface area contributed by atoms with E-state index in [0.717, 1.165) is 51.4 Å². The van der Waals surface area contributed by atoms with Crippen LogP contribution in [0.15, 0.2) is 30.3 Å². The fourth-order valence-electron chi connectivity index (χ4n) is 6.21. The lowest BCUT2D eigenvalue weighted by Crippen LogP contribution is -2.71. The monoisotopic (exact) mass is 874 g/mol. The molecular formula is C37H54F8O12S. The molecule has 0 bridgehead atoms. The van der Waals surface area contributed by atoms with Crippen LogP contribution in [-0.4, -0.2) is 107 Å². The summed E-state index contributed by atoms with van der Waals surface area (Å²) in [4.78, 5) is 23.4. The highest BCUT2D eigenvalue weighted by Crippen LogP contribution is 2.49. The molecule has 1 saturated heterocycles. The molecule has 0 saturated carbocycles. The molecule has 2 rings (SSSR count). The van der Waals surface area contributed by atoms with Gasteiger partial charge in [-0.1, -0.05) is 107 Å². The van der Waals surface area contributed by atoms with Crippen molar-refractivity contribution in [3.63, 3.8) is 0 Å². The molecule has 0 spiro atoms. The van der Waals surface area contributed by atoms with Crippen LogP contribution < -0.4 is 0 Å². The van der Waals surface area contributed by atoms with Crippen LogP contribution in [0.5, 0.6) is 0 Å². The summed E-state index contributed by atoms with van der Waals surface area (Å²) in [6.07, 6.45) is -17.4. The summed E-state index contributed by atoms with van der Waals surface area (Å²) in [7, 11) is -7.37. The molecular weight excluding hydrogens is 820 g/mol. The highest BCUT2D eigenvalue weighted by Gasteiger charge is 2.75. The summed E-state index contributed by atoms with van der Waals surface area (Å²) in [6, 6.07) is 7.58. The van der Waals surface area contributed by atoms with Crippen LogP contribution in [0, 0.1) is 0 Å². The zero-order valence-electron chi connectivity index (χ0n) is 32.1. The van der Waals surface area contributed by atoms with E-state index in [-0.39, 0.29) is 19.4 Å². The number of carbonyl (C=O) groups excluding carboxylic acids is 1. The average Bonchev–Trinajstić information content (AvgIpc) is 3.13. The van der Waals surface area contributed by atoms with Crippen LogP contribution in [0.25, 0.3) is 0 Å². The van der Waals surface area contributed by atoms with E-state index in [9.17, 15) is 68.4 Å². The van der Waals surface area contributed by atoms with Crippen LogP contribution in [0.2, 0.25) is 0 Å². The minimum Gasteiger partial charge on any atom is -0.481 e. The Morgan fingerprint density at radius 2 is 1.26 bits per heavy atom. The second-order valence-corrected chi connectivity index (χ2v) is 15.9. The minimum absolute atomic E-state index is 0.0523. The number of carbonyl (C=O) groups is 2. The number of benzene rings is 1. The lowest BCUT2D eigenvalue weighted by atomic mass is 9.82. The first-order valence-electron chi connectivity index (χ1n) is 19.2. The smallest absolute Gasteiger partial charge is 0.460 e. The van der Waals surface area contributed by atoms with Crippen molar-refractivity contribution in [1.29, 1.82) is 0 Å². The Kier molecular flexibility index (Phi) is 20.4. The summed E-state index contributed by atoms with van der Waals surface area (Å²) < 4.78 is 158. The third-order valence-electron chi connectivity index (χ3n) is 9.61. The molecule has 1 aromatic carbocycles. The number of ether oxygens (including phenoxy) is 3. The first-order valence-corrected chi connectivity index (χ1v) is 20.6. The molecule has 0 aliphatic carbocycles. The standard InChI is InChI=1S/C37H54F8O12S/c1-2-54-25-33(51)30(49)29(27(46)24-26-20-16-15-17-21-26)55-32(50)31(33)56-58(52,53)37(44,45)36(42,43)57-35(40,41)34(38,39)23-19-14-12-10-8-6-4-3-5-7-9-11-13-18-22-28(47)48/h15-17,20-21,29-32,49-51H,2-14,18-19,22-25H2,1H3,(H,47,48)/t29-,30-,31+,32+,33+/m1/s1. The topological polar surface area (TPSA) is 186 Å². The van der Waals surface area contributed by atoms with Crippen molar-refractivity contribution in [1.82, 2.24) is 0 Å². The Morgan fingerprint density at radius 1 is 0.776 bits per heavy atom. The normalized spacial score (nSPS) is 22.3. The van der Waals surface area contributed by atoms with Crippen LogP contribution in [0.1, 0.15) is 115 Å². The van der Waals surface area contributed by atoms with Gasteiger partial charge in [0.2, 0.25) is 0 Å². The summed E-state index contributed by atoms with van der Waals surface area (Å²) in [5, 5.41) is 34.3. The van der Waals surface area contributed by atoms with Crippen molar-refractivity contribution >= 4 is 21.9 Å². The third kappa shape index (κ3) is 14.6. The molecule has 0 radical (unpaired) electrons. The quantitative estimate of drug-likeness (QED) is 0.0349. The molecule has 0 unspecified atom stereocenters. The van der Waals surface area contributed by atoms with Crippen LogP contribution in [-0.2, 0) is 44.5 Å². The summed E-state index contributed by atoms with van der Waals surface area (Å²) in [5.74, 6) is -7.34. The molecule has 0 amide bonds. The number of Topliss-reactive ketones (excluding diaryl/α,β-unsaturated/α-hetero) is 1. The van der Waals surface area contributed by atoms with Crippen molar-refractivity contribution < 1.29 is 91.9 Å². The fraction of sp³-hybridized carbons (Fsp3) is 0.784. The SMILES string of the molecule is CCOC[C@]1(O)[C@H](O)[C@@H](C(=O)Cc2ccccc2)O[C@H](O)[C@@H]1OS(=O)(=O)C(F)(F)C(F)(F)OC(F)(F)C(F)(F)CCCCCCCCCCCCCCCCC(=O)O. The molecule has 1 aliphatic rings. The number of halogens is 8. The highest BCUT2D eigenvalue weighted by atomic mass is 32.2. The number of aliphatic carboxylic acids is 1. The first-order chi connectivity index (χ1) is 27.0. The molecule has 12 nitrogen and oxygen atoms in total. The first kappa shape index (κ1) is 51.6. The maximum atomic E-state index is 14.9. The number of carboxylic acids is 1. The lowest BCUT2D eigenvalue weighted by Gasteiger charge is -2.47. The Balaban J connectivity index is 1.95. The maximum absolute atomic E-state index is 14.9. The van der Waals surface area contributed by atoms with Gasteiger partial charge < -0.3 is 29.9 Å². The molecule has 5 atom stereocenters. The fourth-order valence-corrected chi connectivity index (χ4v) is 7.20. The second-order valence-electron chi connectivity index (χ2n) is 14.3. The molecule has 1 fully saturated rings. The van der Waals surface area contributed by atoms with Gasteiger partial charge in [-0.15, -0.1) is 0 Å². The van der Waals surface area contributed by atoms with Gasteiger partial charge in [0.1, 0.15) is 17.8 Å². The van der Waals surface area contributed by atoms with Gasteiger partial charge in [0.05, 0.1) is 6.61 Å². The zero-order chi connectivity index (χ0) is 43.8. The van der Waals surface area contributed by atoms with Crippen molar-refractivity contribution in [2.45, 2.75) is 170 Å². The molecule has 1 aliphatic heterocycles. The second kappa shape index (κ2) is 22.9. The van der Waals surface area contributed by atoms with E-state index in [4.69, 9.17) is 14.6 Å². The van der Waals surface area contributed by atoms with Gasteiger partial charge in [0.25, 0.3) is 0 Å². The molecule has 58 heavy (non-hydrogen) atoms. The number of ketones is 1. The van der Waals surface area contributed by atoms with Crippen LogP contribution >= 0.6 is 0 Å². The number of alkyl halides is 8. The number of carboxylic acid groups (broad SMARTS) is 1. The van der Waals surface area contributed by atoms with Gasteiger partial charge in [0.15, 0.2) is 18.2 Å². The maximum Gasteiger partial charge on any atom is 0.460 e. The van der Waals surface area contributed by atoms with Crippen molar-refractivity contribution in [3.05, 3.63) is 35.9 Å². The predicted molar refractivity (Wildman–Crippen MR) is 190 cm³/mol. The molecule has 1 heterocycles. The van der Waals surface area contributed by atoms with E-state index in [1.807, 2.05) is 0 Å². The van der Waals surface area contributed by atoms with Crippen molar-refractivity contribution in [2.75, 3.05) is 13.2 Å². The largest absolute Gasteiger partial charge is 0.481 e. The zero-order valence-corrected chi connectivity index (χ0v) is 32.9. The van der Waals surface area contributed by atoms with Crippen LogP contribution in [0.4, 0.5) is 35.1 Å². The van der Waals surface area contributed by atoms with Crippen molar-refractivity contribution in [2.24, 2.45) is 0 Å². The number of aliphatic hydroxyl groups excluding tert-OH is 2.